The number of nitrogens with zero attached hydrogens (tertiary/aromatic N) is 5. The van der Waals surface area contributed by atoms with E-state index < -0.39 is 37.5 Å². The Kier molecular flexibility index (Phi) is 6.96. The molecule has 0 fully saturated rings. The number of nitro groups is 3. The van der Waals surface area contributed by atoms with E-state index >= 15 is 0 Å². The van der Waals surface area contributed by atoms with Gasteiger partial charge in [0.05, 0.1) is 32.6 Å². The maximum absolute atomic E-state index is 12.2. The summed E-state index contributed by atoms with van der Waals surface area (Å²) in [7, 11) is 0. The highest BCUT2D eigenvalue weighted by Crippen LogP contribution is 2.45. The Balaban J connectivity index is 2.13. The van der Waals surface area contributed by atoms with Gasteiger partial charge in [-0.2, -0.15) is 0 Å². The van der Waals surface area contributed by atoms with Crippen LogP contribution in [0.4, 0.5) is 34.1 Å². The van der Waals surface area contributed by atoms with Crippen LogP contribution in [0.5, 0.6) is 0 Å². The summed E-state index contributed by atoms with van der Waals surface area (Å²) in [6.45, 7) is 1.91. The number of benzene rings is 4. The van der Waals surface area contributed by atoms with Gasteiger partial charge in [0.2, 0.25) is 5.69 Å². The van der Waals surface area contributed by atoms with Gasteiger partial charge in [-0.15, -0.1) is 0 Å². The maximum Gasteiger partial charge on any atom is 0.307 e. The smallest absolute Gasteiger partial charge is 0.282 e. The van der Waals surface area contributed by atoms with Crippen molar-refractivity contribution in [2.24, 2.45) is 4.99 Å². The lowest BCUT2D eigenvalue weighted by Crippen LogP contribution is -2.28. The number of rotatable bonds is 7. The third kappa shape index (κ3) is 5.30. The van der Waals surface area contributed by atoms with Crippen LogP contribution in [0.1, 0.15) is 11.1 Å². The lowest BCUT2D eigenvalue weighted by atomic mass is 10.1. The Bertz CT molecular complexity index is 1470. The zero-order valence-electron chi connectivity index (χ0n) is 19.4. The first-order chi connectivity index (χ1) is 17.8. The van der Waals surface area contributed by atoms with E-state index in [0.717, 1.165) is 5.56 Å². The number of anilines is 2. The molecule has 0 saturated carbocycles. The Morgan fingerprint density at radius 2 is 1.22 bits per heavy atom. The van der Waals surface area contributed by atoms with Gasteiger partial charge in [0.25, 0.3) is 5.69 Å². The Labute approximate surface area is 210 Å². The number of nitro benzene ring substituents is 3. The minimum Gasteiger partial charge on any atom is -0.282 e. The van der Waals surface area contributed by atoms with Crippen LogP contribution in [0.3, 0.4) is 0 Å². The summed E-state index contributed by atoms with van der Waals surface area (Å²) >= 11 is 0. The summed E-state index contributed by atoms with van der Waals surface area (Å²) in [4.78, 5) is 39.1. The standard InChI is InChI=1S/C26H19N5O6/c1-18-12-14-20(15-13-18)27-26(19-8-4-2-5-9-19)28(21-10-6-3-7-11-21)25-23(30(34)35)16-22(29(32)33)17-24(25)31(36)37/h2-17H,1H3. The SMILES string of the molecule is Cc1ccc(N=C(c2ccccc2)N(c2ccccc2)c2c([N+](=O)[O-])cc([N+](=O)[O-])cc2[N+](=O)[O-])cc1. The Morgan fingerprint density at radius 3 is 1.70 bits per heavy atom. The molecule has 11 heteroatoms. The normalized spacial score (nSPS) is 11.1. The third-order valence-corrected chi connectivity index (χ3v) is 5.41. The van der Waals surface area contributed by atoms with E-state index in [0.29, 0.717) is 29.1 Å². The fraction of sp³-hybridized carbons (Fsp3) is 0.0385. The van der Waals surface area contributed by atoms with E-state index in [1.807, 2.05) is 19.1 Å². The van der Waals surface area contributed by atoms with Crippen molar-refractivity contribution in [1.29, 1.82) is 0 Å². The highest BCUT2D eigenvalue weighted by molar-refractivity contribution is 6.17. The van der Waals surface area contributed by atoms with Gasteiger partial charge in [0.15, 0.2) is 0 Å². The molecule has 0 aromatic heterocycles. The fourth-order valence-corrected chi connectivity index (χ4v) is 3.71. The van der Waals surface area contributed by atoms with E-state index in [1.54, 1.807) is 72.8 Å². The molecule has 0 aliphatic rings. The van der Waals surface area contributed by atoms with Crippen molar-refractivity contribution in [2.75, 3.05) is 4.90 Å². The number of non-ortho nitro benzene ring substituents is 1. The molecule has 0 bridgehead atoms. The predicted molar refractivity (Wildman–Crippen MR) is 139 cm³/mol. The molecule has 0 N–H and O–H groups in total. The van der Waals surface area contributed by atoms with Crippen LogP contribution in [-0.4, -0.2) is 20.6 Å². The highest BCUT2D eigenvalue weighted by Gasteiger charge is 2.37. The molecule has 0 unspecified atom stereocenters. The van der Waals surface area contributed by atoms with Crippen LogP contribution >= 0.6 is 0 Å². The van der Waals surface area contributed by atoms with E-state index in [2.05, 4.69) is 0 Å². The summed E-state index contributed by atoms with van der Waals surface area (Å²) in [6.07, 6.45) is 0. The molecule has 0 saturated heterocycles. The molecule has 4 aromatic carbocycles. The van der Waals surface area contributed by atoms with Crippen molar-refractivity contribution in [2.45, 2.75) is 6.92 Å². The summed E-state index contributed by atoms with van der Waals surface area (Å²) in [5.41, 5.74) is -0.520. The van der Waals surface area contributed by atoms with Gasteiger partial charge in [-0.05, 0) is 31.2 Å². The van der Waals surface area contributed by atoms with E-state index in [9.17, 15) is 30.3 Å². The molecule has 37 heavy (non-hydrogen) atoms. The molecular weight excluding hydrogens is 478 g/mol. The van der Waals surface area contributed by atoms with Crippen LogP contribution in [0.25, 0.3) is 0 Å². The topological polar surface area (TPSA) is 145 Å². The molecule has 4 rings (SSSR count). The van der Waals surface area contributed by atoms with Crippen LogP contribution < -0.4 is 4.90 Å². The zero-order chi connectivity index (χ0) is 26.5. The third-order valence-electron chi connectivity index (χ3n) is 5.41. The fourth-order valence-electron chi connectivity index (χ4n) is 3.71. The quantitative estimate of drug-likeness (QED) is 0.120. The molecule has 0 aliphatic carbocycles. The number of aryl methyl sites for hydroxylation is 1. The van der Waals surface area contributed by atoms with Crippen LogP contribution in [0.15, 0.2) is 102 Å². The second-order valence-corrected chi connectivity index (χ2v) is 7.91. The molecule has 0 heterocycles. The Hall–Kier alpha value is -5.45. The summed E-state index contributed by atoms with van der Waals surface area (Å²) in [5, 5.41) is 35.8. The lowest BCUT2D eigenvalue weighted by Gasteiger charge is -2.26. The minimum absolute atomic E-state index is 0.149. The zero-order valence-corrected chi connectivity index (χ0v) is 19.4. The first-order valence-electron chi connectivity index (χ1n) is 10.9. The van der Waals surface area contributed by atoms with Crippen LogP contribution in [-0.2, 0) is 0 Å². The Morgan fingerprint density at radius 1 is 0.703 bits per heavy atom. The van der Waals surface area contributed by atoms with Crippen LogP contribution in [0.2, 0.25) is 0 Å². The number of hydrogen-bond acceptors (Lipinski definition) is 7. The predicted octanol–water partition coefficient (Wildman–Crippen LogP) is 6.64. The molecule has 0 spiro atoms. The van der Waals surface area contributed by atoms with Gasteiger partial charge >= 0.3 is 11.4 Å². The van der Waals surface area contributed by atoms with Gasteiger partial charge in [0, 0.05) is 11.3 Å². The molecule has 0 aliphatic heterocycles. The van der Waals surface area contributed by atoms with Gasteiger partial charge in [0.1, 0.15) is 5.84 Å². The monoisotopic (exact) mass is 497 g/mol. The number of aliphatic imine (C=N–C) groups is 1. The van der Waals surface area contributed by atoms with Crippen molar-refractivity contribution in [1.82, 2.24) is 0 Å². The van der Waals surface area contributed by atoms with E-state index in [-0.39, 0.29) is 5.84 Å². The number of para-hydroxylation sites is 1. The van der Waals surface area contributed by atoms with E-state index in [4.69, 9.17) is 4.99 Å². The maximum atomic E-state index is 12.2. The van der Waals surface area contributed by atoms with Crippen molar-refractivity contribution >= 4 is 40.0 Å². The molecule has 0 amide bonds. The van der Waals surface area contributed by atoms with Crippen molar-refractivity contribution in [3.8, 4) is 0 Å². The largest absolute Gasteiger partial charge is 0.307 e. The second kappa shape index (κ2) is 10.4. The number of hydrogen-bond donors (Lipinski definition) is 0. The van der Waals surface area contributed by atoms with Gasteiger partial charge in [-0.3, -0.25) is 35.2 Å². The lowest BCUT2D eigenvalue weighted by molar-refractivity contribution is -0.402. The average Bonchev–Trinajstić information content (AvgIpc) is 2.90. The summed E-state index contributed by atoms with van der Waals surface area (Å²) < 4.78 is 0. The number of amidine groups is 1. The van der Waals surface area contributed by atoms with Gasteiger partial charge in [-0.25, -0.2) is 4.99 Å². The molecule has 11 nitrogen and oxygen atoms in total. The summed E-state index contributed by atoms with van der Waals surface area (Å²) in [5.74, 6) is 0.149. The highest BCUT2D eigenvalue weighted by atomic mass is 16.6. The first-order valence-corrected chi connectivity index (χ1v) is 10.9. The van der Waals surface area contributed by atoms with Gasteiger partial charge < -0.3 is 0 Å². The summed E-state index contributed by atoms with van der Waals surface area (Å²) in [6, 6.07) is 25.6. The molecular formula is C26H19N5O6. The first kappa shape index (κ1) is 24.7. The van der Waals surface area contributed by atoms with Crippen molar-refractivity contribution < 1.29 is 14.8 Å². The molecule has 4 aromatic rings. The van der Waals surface area contributed by atoms with Gasteiger partial charge in [-0.1, -0.05) is 66.2 Å². The molecule has 0 radical (unpaired) electrons. The minimum atomic E-state index is -0.908. The molecule has 0 atom stereocenters. The van der Waals surface area contributed by atoms with Crippen LogP contribution in [0, 0.1) is 37.3 Å². The second-order valence-electron chi connectivity index (χ2n) is 7.91. The molecule has 184 valence electrons. The van der Waals surface area contributed by atoms with Crippen molar-refractivity contribution in [3.63, 3.8) is 0 Å². The van der Waals surface area contributed by atoms with E-state index in [1.165, 1.54) is 4.90 Å². The average molecular weight is 497 g/mol. The van der Waals surface area contributed by atoms with Crippen molar-refractivity contribution in [3.05, 3.63) is 139 Å².